The largest absolute Gasteiger partial charge is 0.244 e. The second-order valence-electron chi connectivity index (χ2n) is 10.0. The number of nitrogens with zero attached hydrogens (tertiary/aromatic N) is 6. The zero-order chi connectivity index (χ0) is 25.3. The fourth-order valence-electron chi connectivity index (χ4n) is 3.01. The minimum absolute atomic E-state index is 0. The fraction of sp³-hybridized carbons (Fsp3) is 0.760. The summed E-state index contributed by atoms with van der Waals surface area (Å²) in [5, 5.41) is 11.8. The van der Waals surface area contributed by atoms with Crippen molar-refractivity contribution < 1.29 is 4.63 Å². The molecule has 0 saturated heterocycles. The molecule has 0 saturated carbocycles. The highest BCUT2D eigenvalue weighted by molar-refractivity contribution is 7.05. The van der Waals surface area contributed by atoms with E-state index in [1.165, 1.54) is 45.2 Å². The zero-order valence-corrected chi connectivity index (χ0v) is 24.0. The van der Waals surface area contributed by atoms with Crippen molar-refractivity contribution in [2.24, 2.45) is 0 Å². The van der Waals surface area contributed by atoms with Gasteiger partial charge < -0.3 is 0 Å². The van der Waals surface area contributed by atoms with Crippen molar-refractivity contribution in [2.75, 3.05) is 0 Å². The first-order valence-corrected chi connectivity index (χ1v) is 13.3. The Morgan fingerprint density at radius 1 is 0.529 bits per heavy atom. The highest BCUT2D eigenvalue weighted by atomic mass is 32.1. The Balaban J connectivity index is 0.000000473. The summed E-state index contributed by atoms with van der Waals surface area (Å²) in [6.07, 6.45) is 0. The first-order chi connectivity index (χ1) is 15.4. The van der Waals surface area contributed by atoms with Crippen LogP contribution in [0.2, 0.25) is 0 Å². The van der Waals surface area contributed by atoms with Crippen molar-refractivity contribution in [1.29, 1.82) is 0 Å². The van der Waals surface area contributed by atoms with E-state index in [0.29, 0.717) is 35.5 Å². The summed E-state index contributed by atoms with van der Waals surface area (Å²) < 4.78 is 17.2. The van der Waals surface area contributed by atoms with Gasteiger partial charge in [0.05, 0.1) is 33.7 Å². The van der Waals surface area contributed by atoms with Crippen LogP contribution in [0.4, 0.5) is 0 Å². The van der Waals surface area contributed by atoms with Crippen molar-refractivity contribution in [2.45, 2.75) is 126 Å². The van der Waals surface area contributed by atoms with Crippen LogP contribution in [0, 0.1) is 0 Å². The maximum atomic E-state index is 4.67. The van der Waals surface area contributed by atoms with Crippen LogP contribution in [0.5, 0.6) is 0 Å². The maximum absolute atomic E-state index is 4.67. The molecular weight excluding hydrogens is 464 g/mol. The molecule has 34 heavy (non-hydrogen) atoms. The number of aromatic nitrogens is 6. The van der Waals surface area contributed by atoms with Crippen LogP contribution in [-0.2, 0) is 0 Å². The van der Waals surface area contributed by atoms with Gasteiger partial charge in [-0.3, -0.25) is 0 Å². The topological polar surface area (TPSA) is 90.5 Å². The number of rotatable bonds is 6. The van der Waals surface area contributed by atoms with Crippen LogP contribution in [0.3, 0.4) is 0 Å². The van der Waals surface area contributed by atoms with Gasteiger partial charge >= 0.3 is 0 Å². The lowest BCUT2D eigenvalue weighted by atomic mass is 10.0. The lowest BCUT2D eigenvalue weighted by molar-refractivity contribution is 0.298. The predicted molar refractivity (Wildman–Crippen MR) is 145 cm³/mol. The molecule has 0 fully saturated rings. The Labute approximate surface area is 215 Å². The minimum atomic E-state index is 0. The summed E-state index contributed by atoms with van der Waals surface area (Å²) in [7, 11) is 0. The molecule has 3 aromatic heterocycles. The molecule has 0 aliphatic carbocycles. The molecule has 0 N–H and O–H groups in total. The smallest absolute Gasteiger partial charge is 0.111 e. The predicted octanol–water partition coefficient (Wildman–Crippen LogP) is 8.52. The third-order valence-corrected chi connectivity index (χ3v) is 6.48. The van der Waals surface area contributed by atoms with Gasteiger partial charge in [-0.15, -0.1) is 5.10 Å². The van der Waals surface area contributed by atoms with E-state index in [9.17, 15) is 0 Å². The second-order valence-corrected chi connectivity index (χ2v) is 11.3. The minimum Gasteiger partial charge on any atom is -0.244 e. The number of hydrogen-bond donors (Lipinski definition) is 0. The Bertz CT molecular complexity index is 738. The Hall–Kier alpha value is -1.74. The molecule has 3 heterocycles. The van der Waals surface area contributed by atoms with Gasteiger partial charge in [0.25, 0.3) is 0 Å². The van der Waals surface area contributed by atoms with Gasteiger partial charge in [0.2, 0.25) is 0 Å². The molecular formula is C25H46N6OS2. The van der Waals surface area contributed by atoms with E-state index in [1.807, 2.05) is 0 Å². The monoisotopic (exact) mass is 510 g/mol. The van der Waals surface area contributed by atoms with Gasteiger partial charge in [0, 0.05) is 11.8 Å². The van der Waals surface area contributed by atoms with E-state index in [2.05, 4.69) is 116 Å². The summed E-state index contributed by atoms with van der Waals surface area (Å²) in [4.78, 5) is 1.33. The lowest BCUT2D eigenvalue weighted by Crippen LogP contribution is -1.96. The Morgan fingerprint density at radius 3 is 1.21 bits per heavy atom. The van der Waals surface area contributed by atoms with Gasteiger partial charge in [-0.2, -0.15) is 8.75 Å². The molecule has 9 heteroatoms. The first kappa shape index (κ1) is 32.3. The molecule has 0 spiro atoms. The van der Waals surface area contributed by atoms with Crippen molar-refractivity contribution in [3.8, 4) is 0 Å². The first-order valence-electron chi connectivity index (χ1n) is 11.8. The Kier molecular flexibility index (Phi) is 14.5. The van der Waals surface area contributed by atoms with Crippen LogP contribution in [0.25, 0.3) is 0 Å². The van der Waals surface area contributed by atoms with Gasteiger partial charge in [-0.1, -0.05) is 105 Å². The molecule has 7 nitrogen and oxygen atoms in total. The summed E-state index contributed by atoms with van der Waals surface area (Å²) in [5.74, 6) is 2.88. The van der Waals surface area contributed by atoms with Crippen LogP contribution < -0.4 is 0 Å². The third kappa shape index (κ3) is 9.49. The van der Waals surface area contributed by atoms with E-state index in [-0.39, 0.29) is 7.43 Å². The molecule has 3 aromatic rings. The van der Waals surface area contributed by atoms with Gasteiger partial charge in [0.15, 0.2) is 0 Å². The molecule has 0 bridgehead atoms. The Morgan fingerprint density at radius 2 is 0.912 bits per heavy atom. The molecule has 0 amide bonds. The molecule has 0 atom stereocenters. The maximum Gasteiger partial charge on any atom is 0.111 e. The highest BCUT2D eigenvalue weighted by Gasteiger charge is 2.16. The van der Waals surface area contributed by atoms with Gasteiger partial charge in [-0.05, 0) is 35.2 Å². The molecule has 0 aliphatic rings. The van der Waals surface area contributed by atoms with E-state index in [1.54, 1.807) is 0 Å². The van der Waals surface area contributed by atoms with E-state index in [4.69, 9.17) is 0 Å². The molecule has 0 aromatic carbocycles. The summed E-state index contributed by atoms with van der Waals surface area (Å²) in [5.41, 5.74) is 5.49. The molecule has 3 rings (SSSR count). The molecule has 0 aliphatic heterocycles. The van der Waals surface area contributed by atoms with E-state index < -0.39 is 0 Å². The van der Waals surface area contributed by atoms with Crippen molar-refractivity contribution in [1.82, 2.24) is 28.6 Å². The summed E-state index contributed by atoms with van der Waals surface area (Å²) in [6, 6.07) is 0. The molecule has 0 radical (unpaired) electrons. The number of hydrogen-bond acceptors (Lipinski definition) is 9. The average Bonchev–Trinajstić information content (AvgIpc) is 3.48. The molecule has 0 unspecified atom stereocenters. The van der Waals surface area contributed by atoms with Crippen LogP contribution in [-0.4, -0.2) is 28.6 Å². The second kappa shape index (κ2) is 15.3. The van der Waals surface area contributed by atoms with Crippen molar-refractivity contribution in [3.05, 3.63) is 33.3 Å². The highest BCUT2D eigenvalue weighted by Crippen LogP contribution is 2.26. The quantitative estimate of drug-likeness (QED) is 0.328. The SMILES string of the molecule is C.CC(C)c1nnsc1C(C)C.CC(C)c1nonc1C(C)C.CC(C)c1nsnc1C(C)C. The normalized spacial score (nSPS) is 11.1. The third-order valence-electron chi connectivity index (χ3n) is 4.88. The van der Waals surface area contributed by atoms with Crippen molar-refractivity contribution in [3.63, 3.8) is 0 Å². The van der Waals surface area contributed by atoms with E-state index in [0.717, 1.165) is 11.4 Å². The van der Waals surface area contributed by atoms with Gasteiger partial charge in [0.1, 0.15) is 11.4 Å². The van der Waals surface area contributed by atoms with E-state index >= 15 is 0 Å². The standard InChI is InChI=1S/C8H14N2O.2C8H14N2S.CH4/c1-5(2)7-8(6(3)4)10-11-9-7;1-5(2)7-8(6(3)4)11-10-9-7;1-5(2)7-8(6(3)4)10-11-9-7;/h3*5-6H,1-4H3;1H4. The van der Waals surface area contributed by atoms with Crippen LogP contribution in [0.1, 0.15) is 159 Å². The lowest BCUT2D eigenvalue weighted by Gasteiger charge is -2.05. The van der Waals surface area contributed by atoms with Gasteiger partial charge in [-0.25, -0.2) is 4.63 Å². The molecule has 194 valence electrons. The summed E-state index contributed by atoms with van der Waals surface area (Å²) in [6.45, 7) is 25.7. The fourth-order valence-corrected chi connectivity index (χ4v) is 4.64. The van der Waals surface area contributed by atoms with Crippen LogP contribution in [0.15, 0.2) is 4.63 Å². The van der Waals surface area contributed by atoms with Crippen molar-refractivity contribution >= 4 is 23.3 Å². The average molecular weight is 511 g/mol. The summed E-state index contributed by atoms with van der Waals surface area (Å²) >= 11 is 2.85. The zero-order valence-electron chi connectivity index (χ0n) is 22.4. The van der Waals surface area contributed by atoms with Crippen LogP contribution >= 0.6 is 23.3 Å².